The van der Waals surface area contributed by atoms with E-state index in [2.05, 4.69) is 11.2 Å². The largest absolute Gasteiger partial charge is 0.488 e. The zero-order chi connectivity index (χ0) is 17.5. The maximum absolute atomic E-state index is 12.6. The Hall–Kier alpha value is -2.87. The van der Waals surface area contributed by atoms with Crippen LogP contribution < -0.4 is 10.1 Å². The minimum absolute atomic E-state index is 0.0235. The van der Waals surface area contributed by atoms with Gasteiger partial charge in [-0.3, -0.25) is 0 Å². The van der Waals surface area contributed by atoms with E-state index in [1.165, 1.54) is 0 Å². The van der Waals surface area contributed by atoms with Crippen molar-refractivity contribution in [2.45, 2.75) is 38.0 Å². The average Bonchev–Trinajstić information content (AvgIpc) is 3.28. The zero-order valence-electron chi connectivity index (χ0n) is 14.1. The second kappa shape index (κ2) is 8.29. The van der Waals surface area contributed by atoms with E-state index < -0.39 is 0 Å². The molecular weight excluding hydrogens is 316 g/mol. The molecule has 1 aromatic heterocycles. The molecule has 0 saturated heterocycles. The summed E-state index contributed by atoms with van der Waals surface area (Å²) in [6, 6.07) is 13.1. The van der Waals surface area contributed by atoms with Gasteiger partial charge in [-0.1, -0.05) is 24.1 Å². The maximum atomic E-state index is 12.6. The quantitative estimate of drug-likeness (QED) is 0.821. The maximum Gasteiger partial charge on any atom is 0.318 e. The smallest absolute Gasteiger partial charge is 0.318 e. The van der Waals surface area contributed by atoms with Crippen molar-refractivity contribution in [1.29, 1.82) is 0 Å². The Labute approximate surface area is 148 Å². The molecule has 0 aliphatic heterocycles. The lowest BCUT2D eigenvalue weighted by atomic mass is 10.2. The van der Waals surface area contributed by atoms with Crippen molar-refractivity contribution in [1.82, 2.24) is 10.2 Å². The Balaban J connectivity index is 1.60. The number of nitrogens with one attached hydrogen (secondary N) is 1. The van der Waals surface area contributed by atoms with E-state index in [9.17, 15) is 4.79 Å². The molecule has 0 bridgehead atoms. The van der Waals surface area contributed by atoms with Crippen LogP contribution in [0.1, 0.15) is 25.0 Å². The van der Waals surface area contributed by atoms with Crippen LogP contribution in [-0.2, 0) is 6.54 Å². The molecule has 130 valence electrons. The first-order chi connectivity index (χ1) is 12.3. The summed E-state index contributed by atoms with van der Waals surface area (Å²) < 4.78 is 11.4. The van der Waals surface area contributed by atoms with Crippen LogP contribution in [0.4, 0.5) is 4.79 Å². The first kappa shape index (κ1) is 17.0. The van der Waals surface area contributed by atoms with E-state index in [0.717, 1.165) is 25.0 Å². The molecule has 5 nitrogen and oxygen atoms in total. The van der Waals surface area contributed by atoms with E-state index >= 15 is 0 Å². The number of terminal acetylenes is 1. The first-order valence-corrected chi connectivity index (χ1v) is 8.49. The highest BCUT2D eigenvalue weighted by Crippen LogP contribution is 2.25. The van der Waals surface area contributed by atoms with Crippen LogP contribution in [0, 0.1) is 12.3 Å². The highest BCUT2D eigenvalue weighted by atomic mass is 16.5. The number of rotatable bonds is 6. The van der Waals surface area contributed by atoms with Crippen molar-refractivity contribution in [3.05, 3.63) is 54.5 Å². The number of carbonyl (C=O) groups excluding carboxylic acids is 1. The number of benzene rings is 1. The van der Waals surface area contributed by atoms with Gasteiger partial charge >= 0.3 is 6.03 Å². The van der Waals surface area contributed by atoms with Crippen molar-refractivity contribution in [3.63, 3.8) is 0 Å². The van der Waals surface area contributed by atoms with Crippen molar-refractivity contribution in [3.8, 4) is 18.1 Å². The molecule has 0 spiro atoms. The molecule has 5 heteroatoms. The summed E-state index contributed by atoms with van der Waals surface area (Å²) in [6.07, 6.45) is 9.81. The van der Waals surface area contributed by atoms with Gasteiger partial charge in [0.2, 0.25) is 0 Å². The molecule has 1 fully saturated rings. The molecule has 2 atom stereocenters. The van der Waals surface area contributed by atoms with Gasteiger partial charge in [0.05, 0.1) is 25.4 Å². The van der Waals surface area contributed by atoms with Crippen LogP contribution in [0.3, 0.4) is 0 Å². The predicted octanol–water partition coefficient (Wildman–Crippen LogP) is 3.42. The lowest BCUT2D eigenvalue weighted by molar-refractivity contribution is 0.158. The minimum atomic E-state index is -0.192. The third-order valence-electron chi connectivity index (χ3n) is 4.29. The fourth-order valence-electron chi connectivity index (χ4n) is 3.06. The number of amides is 2. The van der Waals surface area contributed by atoms with Gasteiger partial charge in [0.15, 0.2) is 0 Å². The van der Waals surface area contributed by atoms with Crippen LogP contribution in [0.25, 0.3) is 0 Å². The standard InChI is InChI=1S/C20H22N2O3/c1-2-13-22(15-17-10-7-14-24-17)20(23)21-18-11-6-12-19(18)25-16-8-4-3-5-9-16/h1,3-5,7-10,14,18-19H,6,11-13,15H2,(H,21,23)/t18-,19+/m0/s1. The third kappa shape index (κ3) is 4.57. The Morgan fingerprint density at radius 2 is 2.12 bits per heavy atom. The van der Waals surface area contributed by atoms with Crippen molar-refractivity contribution < 1.29 is 13.9 Å². The molecule has 2 aromatic rings. The molecule has 1 saturated carbocycles. The van der Waals surface area contributed by atoms with Crippen LogP contribution in [-0.4, -0.2) is 29.6 Å². The number of carbonyl (C=O) groups is 1. The van der Waals surface area contributed by atoms with E-state index in [4.69, 9.17) is 15.6 Å². The van der Waals surface area contributed by atoms with Crippen LogP contribution >= 0.6 is 0 Å². The van der Waals surface area contributed by atoms with Gasteiger partial charge in [-0.25, -0.2) is 4.79 Å². The fraction of sp³-hybridized carbons (Fsp3) is 0.350. The summed E-state index contributed by atoms with van der Waals surface area (Å²) in [5.41, 5.74) is 0. The fourth-order valence-corrected chi connectivity index (χ4v) is 3.06. The molecule has 1 aromatic carbocycles. The van der Waals surface area contributed by atoms with Gasteiger partial charge in [0.25, 0.3) is 0 Å². The highest BCUT2D eigenvalue weighted by Gasteiger charge is 2.31. The summed E-state index contributed by atoms with van der Waals surface area (Å²) in [6.45, 7) is 0.573. The number of furan rings is 1. The number of hydrogen-bond donors (Lipinski definition) is 1. The monoisotopic (exact) mass is 338 g/mol. The normalized spacial score (nSPS) is 19.2. The summed E-state index contributed by atoms with van der Waals surface area (Å²) in [4.78, 5) is 14.2. The van der Waals surface area contributed by atoms with E-state index in [-0.39, 0.29) is 24.7 Å². The van der Waals surface area contributed by atoms with Crippen LogP contribution in [0.5, 0.6) is 5.75 Å². The molecule has 2 amide bonds. The van der Waals surface area contributed by atoms with Gasteiger partial charge < -0.3 is 19.4 Å². The summed E-state index contributed by atoms with van der Waals surface area (Å²) in [5, 5.41) is 3.07. The Morgan fingerprint density at radius 1 is 1.28 bits per heavy atom. The first-order valence-electron chi connectivity index (χ1n) is 8.49. The number of ether oxygens (including phenoxy) is 1. The average molecular weight is 338 g/mol. The van der Waals surface area contributed by atoms with E-state index in [1.807, 2.05) is 36.4 Å². The molecule has 3 rings (SSSR count). The van der Waals surface area contributed by atoms with E-state index in [1.54, 1.807) is 17.2 Å². The van der Waals surface area contributed by atoms with Gasteiger partial charge in [0, 0.05) is 0 Å². The van der Waals surface area contributed by atoms with Crippen molar-refractivity contribution in [2.24, 2.45) is 0 Å². The molecule has 25 heavy (non-hydrogen) atoms. The Kier molecular flexibility index (Phi) is 5.63. The second-order valence-corrected chi connectivity index (χ2v) is 6.10. The second-order valence-electron chi connectivity index (χ2n) is 6.10. The molecule has 1 heterocycles. The Morgan fingerprint density at radius 3 is 2.84 bits per heavy atom. The Bertz CT molecular complexity index is 706. The summed E-state index contributed by atoms with van der Waals surface area (Å²) in [5.74, 6) is 4.06. The van der Waals surface area contributed by atoms with Gasteiger partial charge in [-0.2, -0.15) is 0 Å². The number of para-hydroxylation sites is 1. The lowest BCUT2D eigenvalue weighted by Crippen LogP contribution is -2.48. The minimum Gasteiger partial charge on any atom is -0.488 e. The molecule has 1 aliphatic rings. The third-order valence-corrected chi connectivity index (χ3v) is 4.29. The topological polar surface area (TPSA) is 54.7 Å². The number of nitrogens with zero attached hydrogens (tertiary/aromatic N) is 1. The van der Waals surface area contributed by atoms with Crippen LogP contribution in [0.15, 0.2) is 53.1 Å². The lowest BCUT2D eigenvalue weighted by Gasteiger charge is -2.26. The molecule has 1 aliphatic carbocycles. The molecular formula is C20H22N2O3. The molecule has 1 N–H and O–H groups in total. The van der Waals surface area contributed by atoms with Gasteiger partial charge in [0.1, 0.15) is 17.6 Å². The highest BCUT2D eigenvalue weighted by molar-refractivity contribution is 5.75. The zero-order valence-corrected chi connectivity index (χ0v) is 14.1. The van der Waals surface area contributed by atoms with Crippen molar-refractivity contribution >= 4 is 6.03 Å². The summed E-state index contributed by atoms with van der Waals surface area (Å²) >= 11 is 0. The van der Waals surface area contributed by atoms with Gasteiger partial charge in [-0.05, 0) is 43.5 Å². The van der Waals surface area contributed by atoms with Crippen LogP contribution in [0.2, 0.25) is 0 Å². The van der Waals surface area contributed by atoms with E-state index in [0.29, 0.717) is 12.3 Å². The van der Waals surface area contributed by atoms with Gasteiger partial charge in [-0.15, -0.1) is 6.42 Å². The number of urea groups is 1. The molecule has 0 radical (unpaired) electrons. The summed E-state index contributed by atoms with van der Waals surface area (Å²) in [7, 11) is 0. The predicted molar refractivity (Wildman–Crippen MR) is 95.0 cm³/mol. The molecule has 0 unspecified atom stereocenters. The number of hydrogen-bond acceptors (Lipinski definition) is 3. The van der Waals surface area contributed by atoms with Crippen molar-refractivity contribution in [2.75, 3.05) is 6.54 Å². The SMILES string of the molecule is C#CCN(Cc1ccco1)C(=O)N[C@H]1CCC[C@H]1Oc1ccccc1.